The van der Waals surface area contributed by atoms with Gasteiger partial charge in [-0.15, -0.1) is 5.10 Å². The average Bonchev–Trinajstić information content (AvgIpc) is 3.24. The van der Waals surface area contributed by atoms with Crippen LogP contribution in [0.15, 0.2) is 24.4 Å². The van der Waals surface area contributed by atoms with Crippen molar-refractivity contribution in [3.05, 3.63) is 30.1 Å². The molecular weight excluding hydrogens is 304 g/mol. The lowest BCUT2D eigenvalue weighted by Gasteiger charge is -2.30. The highest BCUT2D eigenvalue weighted by atomic mass is 15.4. The zero-order valence-corrected chi connectivity index (χ0v) is 13.7. The fourth-order valence-electron chi connectivity index (χ4n) is 2.98. The molecule has 4 N–H and O–H groups in total. The maximum absolute atomic E-state index is 6.00. The predicted octanol–water partition coefficient (Wildman–Crippen LogP) is 1.69. The summed E-state index contributed by atoms with van der Waals surface area (Å²) in [6, 6.07) is 6.25. The van der Waals surface area contributed by atoms with Crippen LogP contribution in [0.1, 0.15) is 25.5 Å². The number of piperidine rings is 1. The molecule has 0 aromatic carbocycles. The number of aromatic amines is 1. The van der Waals surface area contributed by atoms with Crippen molar-refractivity contribution in [2.75, 3.05) is 23.3 Å². The third kappa shape index (κ3) is 2.80. The van der Waals surface area contributed by atoms with Gasteiger partial charge in [-0.05, 0) is 31.4 Å². The van der Waals surface area contributed by atoms with E-state index in [1.165, 1.54) is 0 Å². The molecule has 0 bridgehead atoms. The molecule has 8 nitrogen and oxygen atoms in total. The van der Waals surface area contributed by atoms with Crippen molar-refractivity contribution in [1.29, 1.82) is 0 Å². The van der Waals surface area contributed by atoms with E-state index in [-0.39, 0.29) is 6.04 Å². The molecule has 3 aromatic rings. The predicted molar refractivity (Wildman–Crippen MR) is 93.7 cm³/mol. The van der Waals surface area contributed by atoms with Gasteiger partial charge in [0.15, 0.2) is 5.82 Å². The van der Waals surface area contributed by atoms with E-state index in [2.05, 4.69) is 32.4 Å². The van der Waals surface area contributed by atoms with Gasteiger partial charge in [0.1, 0.15) is 11.3 Å². The first-order valence-electron chi connectivity index (χ1n) is 8.40. The van der Waals surface area contributed by atoms with Crippen molar-refractivity contribution in [2.24, 2.45) is 5.73 Å². The second kappa shape index (κ2) is 6.12. The molecule has 4 heterocycles. The van der Waals surface area contributed by atoms with Crippen LogP contribution < -0.4 is 16.0 Å². The van der Waals surface area contributed by atoms with Crippen LogP contribution in [0.5, 0.6) is 0 Å². The summed E-state index contributed by atoms with van der Waals surface area (Å²) < 4.78 is 1.86. The van der Waals surface area contributed by atoms with Gasteiger partial charge in [0, 0.05) is 31.4 Å². The summed E-state index contributed by atoms with van der Waals surface area (Å²) in [4.78, 5) is 6.94. The number of nitrogens with one attached hydrogen (secondary N) is 2. The molecule has 1 aliphatic rings. The molecule has 0 amide bonds. The monoisotopic (exact) mass is 326 g/mol. The first-order chi connectivity index (χ1) is 11.7. The topological polar surface area (TPSA) is 100 Å². The van der Waals surface area contributed by atoms with Crippen molar-refractivity contribution >= 4 is 23.1 Å². The molecule has 0 radical (unpaired) electrons. The van der Waals surface area contributed by atoms with Gasteiger partial charge in [0.25, 0.3) is 0 Å². The Labute approximate surface area is 140 Å². The van der Waals surface area contributed by atoms with Crippen LogP contribution >= 0.6 is 0 Å². The van der Waals surface area contributed by atoms with Crippen LogP contribution in [0.4, 0.5) is 17.6 Å². The van der Waals surface area contributed by atoms with E-state index in [9.17, 15) is 0 Å². The van der Waals surface area contributed by atoms with E-state index in [1.807, 2.05) is 28.9 Å². The van der Waals surface area contributed by atoms with Gasteiger partial charge in [-0.2, -0.15) is 10.1 Å². The van der Waals surface area contributed by atoms with E-state index in [0.29, 0.717) is 0 Å². The molecule has 0 aliphatic carbocycles. The maximum Gasteiger partial charge on any atom is 0.245 e. The van der Waals surface area contributed by atoms with Gasteiger partial charge < -0.3 is 16.0 Å². The minimum Gasteiger partial charge on any atom is -0.339 e. The van der Waals surface area contributed by atoms with Crippen LogP contribution in [-0.2, 0) is 6.42 Å². The molecule has 0 unspecified atom stereocenters. The quantitative estimate of drug-likeness (QED) is 0.674. The summed E-state index contributed by atoms with van der Waals surface area (Å²) in [6.07, 6.45) is 4.76. The highest BCUT2D eigenvalue weighted by Gasteiger charge is 2.20. The Morgan fingerprint density at radius 1 is 1.38 bits per heavy atom. The van der Waals surface area contributed by atoms with Gasteiger partial charge in [-0.25, -0.2) is 4.52 Å². The van der Waals surface area contributed by atoms with E-state index in [1.54, 1.807) is 0 Å². The largest absolute Gasteiger partial charge is 0.339 e. The minimum atomic E-state index is 0.284. The summed E-state index contributed by atoms with van der Waals surface area (Å²) in [5.41, 5.74) is 7.95. The first-order valence-corrected chi connectivity index (χ1v) is 8.40. The number of rotatable bonds is 4. The lowest BCUT2D eigenvalue weighted by Crippen LogP contribution is -2.40. The Morgan fingerprint density at radius 2 is 2.21 bits per heavy atom. The van der Waals surface area contributed by atoms with Gasteiger partial charge in [0.2, 0.25) is 5.95 Å². The SMILES string of the molecule is CCc1cc(Nc2nc(N3CCC(N)CC3)nn3cccc23)[nH]n1. The van der Waals surface area contributed by atoms with Crippen molar-refractivity contribution in [1.82, 2.24) is 24.8 Å². The number of aromatic nitrogens is 5. The molecule has 1 aliphatic heterocycles. The smallest absolute Gasteiger partial charge is 0.245 e. The van der Waals surface area contributed by atoms with Crippen molar-refractivity contribution in [2.45, 2.75) is 32.2 Å². The summed E-state index contributed by atoms with van der Waals surface area (Å²) in [7, 11) is 0. The number of hydrogen-bond acceptors (Lipinski definition) is 6. The summed E-state index contributed by atoms with van der Waals surface area (Å²) in [6.45, 7) is 3.85. The second-order valence-electron chi connectivity index (χ2n) is 6.17. The van der Waals surface area contributed by atoms with E-state index in [4.69, 9.17) is 10.7 Å². The maximum atomic E-state index is 6.00. The molecular formula is C16H22N8. The molecule has 1 fully saturated rings. The molecule has 0 spiro atoms. The first kappa shape index (κ1) is 14.9. The Bertz CT molecular complexity index is 828. The number of hydrogen-bond donors (Lipinski definition) is 3. The molecule has 1 saturated heterocycles. The minimum absolute atomic E-state index is 0.284. The Morgan fingerprint density at radius 3 is 2.96 bits per heavy atom. The highest BCUT2D eigenvalue weighted by Crippen LogP contribution is 2.23. The number of aryl methyl sites for hydroxylation is 1. The van der Waals surface area contributed by atoms with Crippen molar-refractivity contribution < 1.29 is 0 Å². The van der Waals surface area contributed by atoms with E-state index in [0.717, 1.165) is 61.1 Å². The summed E-state index contributed by atoms with van der Waals surface area (Å²) >= 11 is 0. The van der Waals surface area contributed by atoms with Gasteiger partial charge >= 0.3 is 0 Å². The Balaban J connectivity index is 1.67. The lowest BCUT2D eigenvalue weighted by molar-refractivity contribution is 0.493. The zero-order chi connectivity index (χ0) is 16.5. The molecule has 24 heavy (non-hydrogen) atoms. The van der Waals surface area contributed by atoms with Gasteiger partial charge in [-0.1, -0.05) is 6.92 Å². The van der Waals surface area contributed by atoms with Crippen LogP contribution in [-0.4, -0.2) is 43.9 Å². The highest BCUT2D eigenvalue weighted by molar-refractivity contribution is 5.73. The summed E-state index contributed by atoms with van der Waals surface area (Å²) in [5.74, 6) is 2.33. The standard InChI is InChI=1S/C16H22N8/c1-2-12-10-14(21-20-12)18-15-13-4-3-7-24(13)22-16(19-15)23-8-5-11(17)6-9-23/h3-4,7,10-11H,2,5-6,8-9,17H2,1H3,(H2,18,19,20,21,22). The van der Waals surface area contributed by atoms with Crippen molar-refractivity contribution in [3.63, 3.8) is 0 Å². The molecule has 126 valence electrons. The zero-order valence-electron chi connectivity index (χ0n) is 13.7. The lowest BCUT2D eigenvalue weighted by atomic mass is 10.1. The Hall–Kier alpha value is -2.61. The molecule has 4 rings (SSSR count). The third-order valence-corrected chi connectivity index (χ3v) is 4.45. The van der Waals surface area contributed by atoms with Gasteiger partial charge in [-0.3, -0.25) is 5.10 Å². The van der Waals surface area contributed by atoms with Crippen LogP contribution in [0.3, 0.4) is 0 Å². The number of H-pyrrole nitrogens is 1. The number of nitrogens with two attached hydrogens (primary N) is 1. The van der Waals surface area contributed by atoms with Crippen molar-refractivity contribution in [3.8, 4) is 0 Å². The number of anilines is 3. The van der Waals surface area contributed by atoms with Gasteiger partial charge in [0.05, 0.1) is 5.69 Å². The fourth-order valence-corrected chi connectivity index (χ4v) is 2.98. The number of fused-ring (bicyclic) bond motifs is 1. The van der Waals surface area contributed by atoms with Crippen LogP contribution in [0.2, 0.25) is 0 Å². The fraction of sp³-hybridized carbons (Fsp3) is 0.438. The van der Waals surface area contributed by atoms with Crippen LogP contribution in [0, 0.1) is 0 Å². The molecule has 3 aromatic heterocycles. The Kier molecular flexibility index (Phi) is 3.81. The number of nitrogens with zero attached hydrogens (tertiary/aromatic N) is 5. The molecule has 0 saturated carbocycles. The average molecular weight is 326 g/mol. The third-order valence-electron chi connectivity index (χ3n) is 4.45. The second-order valence-corrected chi connectivity index (χ2v) is 6.17. The normalized spacial score (nSPS) is 16.0. The van der Waals surface area contributed by atoms with E-state index < -0.39 is 0 Å². The summed E-state index contributed by atoms with van der Waals surface area (Å²) in [5, 5.41) is 15.2. The molecule has 0 atom stereocenters. The van der Waals surface area contributed by atoms with Crippen LogP contribution in [0.25, 0.3) is 5.52 Å². The van der Waals surface area contributed by atoms with E-state index >= 15 is 0 Å². The molecule has 8 heteroatoms.